The minimum absolute atomic E-state index is 0.124. The van der Waals surface area contributed by atoms with Crippen LogP contribution in [-0.2, 0) is 0 Å². The minimum atomic E-state index is -0.646. The van der Waals surface area contributed by atoms with Crippen molar-refractivity contribution < 1.29 is 14.1 Å². The number of nitro groups is 1. The molecule has 0 unspecified atom stereocenters. The number of furan rings is 1. The van der Waals surface area contributed by atoms with Gasteiger partial charge in [-0.15, -0.1) is 11.3 Å². The van der Waals surface area contributed by atoms with E-state index in [1.807, 2.05) is 49.4 Å². The number of aromatic nitrogens is 1. The number of thiophene rings is 1. The van der Waals surface area contributed by atoms with Crippen LogP contribution in [0.25, 0.3) is 20.3 Å². The maximum atomic E-state index is 13.6. The van der Waals surface area contributed by atoms with E-state index in [4.69, 9.17) is 16.0 Å². The molecule has 164 valence electrons. The van der Waals surface area contributed by atoms with E-state index in [2.05, 4.69) is 10.1 Å². The fourth-order valence-corrected chi connectivity index (χ4v) is 5.63. The normalized spacial score (nSPS) is 11.6. The molecule has 0 aliphatic carbocycles. The van der Waals surface area contributed by atoms with Gasteiger partial charge in [0.15, 0.2) is 5.76 Å². The first kappa shape index (κ1) is 21.3. The SMILES string of the molecule is Cc1ccc2nc(N(/N=C/c3ccc([N+](=O)[O-])o3)C(=O)c3sc4ccccc4c3Cl)sc2c1. The van der Waals surface area contributed by atoms with Crippen molar-refractivity contribution in [1.29, 1.82) is 0 Å². The molecule has 0 radical (unpaired) electrons. The molecule has 5 aromatic rings. The minimum Gasteiger partial charge on any atom is -0.400 e. The van der Waals surface area contributed by atoms with Gasteiger partial charge < -0.3 is 4.42 Å². The number of hydrogen-bond donors (Lipinski definition) is 0. The highest BCUT2D eigenvalue weighted by atomic mass is 35.5. The molecule has 0 bridgehead atoms. The third kappa shape index (κ3) is 3.99. The molecule has 3 heterocycles. The van der Waals surface area contributed by atoms with Crippen LogP contribution in [0, 0.1) is 17.0 Å². The summed E-state index contributed by atoms with van der Waals surface area (Å²) in [7, 11) is 0. The van der Waals surface area contributed by atoms with Crippen LogP contribution in [0.15, 0.2) is 64.1 Å². The zero-order valence-electron chi connectivity index (χ0n) is 16.9. The third-order valence-electron chi connectivity index (χ3n) is 4.73. The van der Waals surface area contributed by atoms with Gasteiger partial charge in [0.25, 0.3) is 5.91 Å². The average molecular weight is 497 g/mol. The molecule has 0 atom stereocenters. The molecule has 0 saturated heterocycles. The lowest BCUT2D eigenvalue weighted by atomic mass is 10.2. The molecule has 1 amide bonds. The summed E-state index contributed by atoms with van der Waals surface area (Å²) >= 11 is 9.10. The van der Waals surface area contributed by atoms with Crippen LogP contribution in [0.2, 0.25) is 5.02 Å². The fourth-order valence-electron chi connectivity index (χ4n) is 3.17. The number of thiazole rings is 1. The van der Waals surface area contributed by atoms with Gasteiger partial charge in [-0.2, -0.15) is 10.1 Å². The van der Waals surface area contributed by atoms with Crippen molar-refractivity contribution in [3.05, 3.63) is 85.9 Å². The molecule has 3 aromatic heterocycles. The lowest BCUT2D eigenvalue weighted by Gasteiger charge is -2.12. The number of hydrogen-bond acceptors (Lipinski definition) is 8. The molecule has 0 aliphatic heterocycles. The first-order valence-corrected chi connectivity index (χ1v) is 11.6. The van der Waals surface area contributed by atoms with Crippen LogP contribution in [0.3, 0.4) is 0 Å². The summed E-state index contributed by atoms with van der Waals surface area (Å²) in [4.78, 5) is 28.7. The number of anilines is 1. The van der Waals surface area contributed by atoms with Gasteiger partial charge in [0.05, 0.1) is 27.5 Å². The first-order chi connectivity index (χ1) is 15.9. The van der Waals surface area contributed by atoms with Crippen molar-refractivity contribution in [1.82, 2.24) is 4.98 Å². The van der Waals surface area contributed by atoms with Gasteiger partial charge in [0, 0.05) is 10.1 Å². The smallest absolute Gasteiger partial charge is 0.400 e. The molecule has 2 aromatic carbocycles. The Kier molecular flexibility index (Phi) is 5.41. The van der Waals surface area contributed by atoms with Crippen LogP contribution in [0.1, 0.15) is 21.0 Å². The predicted molar refractivity (Wildman–Crippen MR) is 131 cm³/mol. The summed E-state index contributed by atoms with van der Waals surface area (Å²) in [6.07, 6.45) is 1.24. The predicted octanol–water partition coefficient (Wildman–Crippen LogP) is 6.65. The number of rotatable bonds is 5. The Labute approximate surface area is 199 Å². The van der Waals surface area contributed by atoms with E-state index in [-0.39, 0.29) is 5.76 Å². The molecule has 11 heteroatoms. The van der Waals surface area contributed by atoms with Crippen molar-refractivity contribution in [3.63, 3.8) is 0 Å². The molecule has 0 spiro atoms. The molecule has 5 rings (SSSR count). The second kappa shape index (κ2) is 8.39. The summed E-state index contributed by atoms with van der Waals surface area (Å²) in [6.45, 7) is 1.97. The molecule has 0 aliphatic rings. The zero-order valence-corrected chi connectivity index (χ0v) is 19.3. The highest BCUT2D eigenvalue weighted by Crippen LogP contribution is 2.38. The third-order valence-corrected chi connectivity index (χ3v) is 7.39. The van der Waals surface area contributed by atoms with Crippen LogP contribution < -0.4 is 5.01 Å². The Bertz CT molecular complexity index is 1570. The number of aryl methyl sites for hydroxylation is 1. The monoisotopic (exact) mass is 496 g/mol. The number of benzene rings is 2. The van der Waals surface area contributed by atoms with Gasteiger partial charge in [-0.1, -0.05) is 47.2 Å². The van der Waals surface area contributed by atoms with E-state index < -0.39 is 16.7 Å². The maximum absolute atomic E-state index is 13.6. The quantitative estimate of drug-likeness (QED) is 0.154. The first-order valence-electron chi connectivity index (χ1n) is 9.57. The second-order valence-corrected chi connectivity index (χ2v) is 9.44. The number of hydrazone groups is 1. The van der Waals surface area contributed by atoms with Gasteiger partial charge in [-0.05, 0) is 36.8 Å². The summed E-state index contributed by atoms with van der Waals surface area (Å²) in [5, 5.41) is 17.8. The lowest BCUT2D eigenvalue weighted by molar-refractivity contribution is -0.402. The van der Waals surface area contributed by atoms with Crippen molar-refractivity contribution in [2.24, 2.45) is 5.10 Å². The molecule has 0 saturated carbocycles. The number of carbonyl (C=O) groups is 1. The Morgan fingerprint density at radius 1 is 1.18 bits per heavy atom. The van der Waals surface area contributed by atoms with E-state index in [9.17, 15) is 14.9 Å². The highest BCUT2D eigenvalue weighted by Gasteiger charge is 2.26. The zero-order chi connectivity index (χ0) is 23.1. The summed E-state index contributed by atoms with van der Waals surface area (Å²) in [5.41, 5.74) is 1.79. The molecule has 8 nitrogen and oxygen atoms in total. The molecule has 0 N–H and O–H groups in total. The Morgan fingerprint density at radius 2 is 2.00 bits per heavy atom. The van der Waals surface area contributed by atoms with Crippen molar-refractivity contribution in [2.75, 3.05) is 5.01 Å². The largest absolute Gasteiger partial charge is 0.433 e. The number of fused-ring (bicyclic) bond motifs is 2. The standard InChI is InChI=1S/C22H13ClN4O4S2/c1-12-6-8-15-17(10-12)33-22(25-15)26(24-11-13-7-9-18(31-13)27(29)30)21(28)20-19(23)14-4-2-3-5-16(14)32-20/h2-11H,1H3/b24-11+. The van der Waals surface area contributed by atoms with Gasteiger partial charge in [-0.25, -0.2) is 4.98 Å². The van der Waals surface area contributed by atoms with Crippen LogP contribution in [0.4, 0.5) is 11.0 Å². The van der Waals surface area contributed by atoms with E-state index in [0.29, 0.717) is 15.0 Å². The lowest BCUT2D eigenvalue weighted by Crippen LogP contribution is -2.25. The maximum Gasteiger partial charge on any atom is 0.433 e. The summed E-state index contributed by atoms with van der Waals surface area (Å²) < 4.78 is 6.91. The van der Waals surface area contributed by atoms with Crippen LogP contribution in [0.5, 0.6) is 0 Å². The van der Waals surface area contributed by atoms with Gasteiger partial charge >= 0.3 is 5.88 Å². The second-order valence-electron chi connectivity index (χ2n) is 7.00. The number of halogens is 1. The fraction of sp³-hybridized carbons (Fsp3) is 0.0455. The van der Waals surface area contributed by atoms with Crippen molar-refractivity contribution in [3.8, 4) is 0 Å². The Morgan fingerprint density at radius 3 is 2.76 bits per heavy atom. The number of amides is 1. The van der Waals surface area contributed by atoms with Crippen LogP contribution in [-0.4, -0.2) is 22.0 Å². The van der Waals surface area contributed by atoms with Gasteiger partial charge in [-0.3, -0.25) is 14.9 Å². The van der Waals surface area contributed by atoms with E-state index in [1.54, 1.807) is 0 Å². The average Bonchev–Trinajstić information content (AvgIpc) is 3.51. The van der Waals surface area contributed by atoms with Crippen LogP contribution >= 0.6 is 34.3 Å². The number of nitrogens with zero attached hydrogens (tertiary/aromatic N) is 4. The molecule has 0 fully saturated rings. The molecular formula is C22H13ClN4O4S2. The van der Waals surface area contributed by atoms with Gasteiger partial charge in [0.1, 0.15) is 9.80 Å². The summed E-state index contributed by atoms with van der Waals surface area (Å²) in [6, 6.07) is 15.9. The van der Waals surface area contributed by atoms with Crippen molar-refractivity contribution >= 4 is 77.7 Å². The molecular weight excluding hydrogens is 484 g/mol. The molecule has 33 heavy (non-hydrogen) atoms. The highest BCUT2D eigenvalue weighted by molar-refractivity contribution is 7.23. The number of carbonyl (C=O) groups excluding carboxylic acids is 1. The summed E-state index contributed by atoms with van der Waals surface area (Å²) in [5.74, 6) is -0.759. The Balaban J connectivity index is 1.60. The Hall–Kier alpha value is -3.60. The topological polar surface area (TPSA) is 102 Å². The van der Waals surface area contributed by atoms with E-state index in [1.165, 1.54) is 41.0 Å². The van der Waals surface area contributed by atoms with E-state index >= 15 is 0 Å². The van der Waals surface area contributed by atoms with Crippen molar-refractivity contribution in [2.45, 2.75) is 6.92 Å². The van der Waals surface area contributed by atoms with E-state index in [0.717, 1.165) is 30.9 Å². The van der Waals surface area contributed by atoms with Gasteiger partial charge in [0.2, 0.25) is 5.13 Å².